The van der Waals surface area contributed by atoms with E-state index in [1.165, 1.54) is 25.7 Å². The summed E-state index contributed by atoms with van der Waals surface area (Å²) in [5.41, 5.74) is 7.15. The first kappa shape index (κ1) is 15.8. The second-order valence-corrected chi connectivity index (χ2v) is 6.20. The van der Waals surface area contributed by atoms with Gasteiger partial charge in [0.25, 0.3) is 0 Å². The molecule has 4 heteroatoms. The van der Waals surface area contributed by atoms with Crippen LogP contribution in [0.25, 0.3) is 0 Å². The Morgan fingerprint density at radius 2 is 2.05 bits per heavy atom. The highest BCUT2D eigenvalue weighted by molar-refractivity contribution is 5.93. The molecule has 0 aromatic heterocycles. The third-order valence-corrected chi connectivity index (χ3v) is 4.56. The Bertz CT molecular complexity index is 475. The van der Waals surface area contributed by atoms with Crippen LogP contribution < -0.4 is 11.1 Å². The minimum atomic E-state index is 0.0308. The molecule has 1 fully saturated rings. The highest BCUT2D eigenvalue weighted by Crippen LogP contribution is 2.27. The Balaban J connectivity index is 1.79. The molecular weight excluding hydrogens is 262 g/mol. The maximum absolute atomic E-state index is 12.0. The molecule has 0 saturated heterocycles. The summed E-state index contributed by atoms with van der Waals surface area (Å²) in [7, 11) is 2.14. The molecule has 1 aromatic carbocycles. The predicted molar refractivity (Wildman–Crippen MR) is 88.2 cm³/mol. The van der Waals surface area contributed by atoms with Crippen LogP contribution in [-0.4, -0.2) is 30.4 Å². The van der Waals surface area contributed by atoms with Gasteiger partial charge in [-0.2, -0.15) is 0 Å². The fourth-order valence-corrected chi connectivity index (χ4v) is 3.22. The van der Waals surface area contributed by atoms with E-state index in [2.05, 4.69) is 24.2 Å². The minimum absolute atomic E-state index is 0.0308. The van der Waals surface area contributed by atoms with Crippen LogP contribution in [0.3, 0.4) is 0 Å². The van der Waals surface area contributed by atoms with Crippen LogP contribution in [-0.2, 0) is 4.79 Å². The van der Waals surface area contributed by atoms with Crippen LogP contribution in [0.15, 0.2) is 24.3 Å². The number of rotatable bonds is 5. The van der Waals surface area contributed by atoms with Crippen molar-refractivity contribution < 1.29 is 4.79 Å². The molecule has 2 unspecified atom stereocenters. The molecule has 21 heavy (non-hydrogen) atoms. The average Bonchev–Trinajstić information content (AvgIpc) is 2.48. The first-order valence-electron chi connectivity index (χ1n) is 7.92. The van der Waals surface area contributed by atoms with Crippen molar-refractivity contribution in [1.82, 2.24) is 4.90 Å². The van der Waals surface area contributed by atoms with Gasteiger partial charge in [-0.25, -0.2) is 0 Å². The van der Waals surface area contributed by atoms with Crippen molar-refractivity contribution in [2.24, 2.45) is 5.92 Å². The van der Waals surface area contributed by atoms with Crippen molar-refractivity contribution in [2.45, 2.75) is 45.1 Å². The molecule has 3 N–H and O–H groups in total. The van der Waals surface area contributed by atoms with Gasteiger partial charge in [-0.3, -0.25) is 4.79 Å². The molecular formula is C17H27N3O. The topological polar surface area (TPSA) is 58.4 Å². The number of para-hydroxylation sites is 2. The zero-order valence-electron chi connectivity index (χ0n) is 13.1. The van der Waals surface area contributed by atoms with Crippen LogP contribution in [0.5, 0.6) is 0 Å². The largest absolute Gasteiger partial charge is 0.397 e. The molecule has 0 aliphatic heterocycles. The van der Waals surface area contributed by atoms with E-state index in [-0.39, 0.29) is 5.91 Å². The van der Waals surface area contributed by atoms with Crippen LogP contribution in [0.2, 0.25) is 0 Å². The van der Waals surface area contributed by atoms with Gasteiger partial charge in [-0.05, 0) is 37.9 Å². The Labute approximate surface area is 127 Å². The molecule has 4 nitrogen and oxygen atoms in total. The summed E-state index contributed by atoms with van der Waals surface area (Å²) in [5, 5.41) is 2.89. The summed E-state index contributed by atoms with van der Waals surface area (Å²) in [6.07, 6.45) is 5.73. The van der Waals surface area contributed by atoms with Crippen molar-refractivity contribution in [1.29, 1.82) is 0 Å². The summed E-state index contributed by atoms with van der Waals surface area (Å²) >= 11 is 0. The predicted octanol–water partition coefficient (Wildman–Crippen LogP) is 3.11. The zero-order valence-corrected chi connectivity index (χ0v) is 13.1. The van der Waals surface area contributed by atoms with E-state index in [1.54, 1.807) is 6.07 Å². The number of carbonyl (C=O) groups is 1. The van der Waals surface area contributed by atoms with Crippen LogP contribution in [0, 0.1) is 5.92 Å². The number of hydrogen-bond acceptors (Lipinski definition) is 3. The summed E-state index contributed by atoms with van der Waals surface area (Å²) in [5.74, 6) is 0.764. The molecule has 1 aliphatic carbocycles. The van der Waals surface area contributed by atoms with Gasteiger partial charge in [-0.15, -0.1) is 0 Å². The van der Waals surface area contributed by atoms with E-state index in [0.717, 1.165) is 12.5 Å². The molecule has 0 spiro atoms. The average molecular weight is 289 g/mol. The van der Waals surface area contributed by atoms with Crippen molar-refractivity contribution >= 4 is 17.3 Å². The van der Waals surface area contributed by atoms with E-state index in [0.29, 0.717) is 23.8 Å². The van der Waals surface area contributed by atoms with Gasteiger partial charge in [0, 0.05) is 19.0 Å². The standard InChI is InChI=1S/C17H27N3O/c1-13-7-3-6-10-16(13)20(2)12-11-17(21)19-15-9-5-4-8-14(15)18/h4-5,8-9,13,16H,3,6-7,10-12,18H2,1-2H3,(H,19,21). The highest BCUT2D eigenvalue weighted by Gasteiger charge is 2.24. The lowest BCUT2D eigenvalue weighted by molar-refractivity contribution is -0.116. The number of benzene rings is 1. The van der Waals surface area contributed by atoms with Gasteiger partial charge in [0.2, 0.25) is 5.91 Å². The number of carbonyl (C=O) groups excluding carboxylic acids is 1. The first-order valence-corrected chi connectivity index (χ1v) is 7.92. The van der Waals surface area contributed by atoms with E-state index < -0.39 is 0 Å². The molecule has 0 radical (unpaired) electrons. The lowest BCUT2D eigenvalue weighted by atomic mass is 9.85. The third kappa shape index (κ3) is 4.46. The second-order valence-electron chi connectivity index (χ2n) is 6.20. The van der Waals surface area contributed by atoms with E-state index in [1.807, 2.05) is 18.2 Å². The lowest BCUT2D eigenvalue weighted by Gasteiger charge is -2.36. The second kappa shape index (κ2) is 7.46. The number of anilines is 2. The summed E-state index contributed by atoms with van der Waals surface area (Å²) in [4.78, 5) is 14.4. The van der Waals surface area contributed by atoms with Crippen molar-refractivity contribution in [2.75, 3.05) is 24.6 Å². The van der Waals surface area contributed by atoms with E-state index >= 15 is 0 Å². The monoisotopic (exact) mass is 289 g/mol. The molecule has 1 amide bonds. The van der Waals surface area contributed by atoms with Gasteiger partial charge in [-0.1, -0.05) is 31.9 Å². The number of amides is 1. The van der Waals surface area contributed by atoms with E-state index in [9.17, 15) is 4.79 Å². The maximum atomic E-state index is 12.0. The fourth-order valence-electron chi connectivity index (χ4n) is 3.22. The smallest absolute Gasteiger partial charge is 0.225 e. The molecule has 2 rings (SSSR count). The first-order chi connectivity index (χ1) is 10.1. The SMILES string of the molecule is CC1CCCCC1N(C)CCC(=O)Nc1ccccc1N. The van der Waals surface area contributed by atoms with Gasteiger partial charge < -0.3 is 16.0 Å². The Hall–Kier alpha value is -1.55. The quantitative estimate of drug-likeness (QED) is 0.819. The highest BCUT2D eigenvalue weighted by atomic mass is 16.1. The molecule has 2 atom stereocenters. The Morgan fingerprint density at radius 3 is 2.76 bits per heavy atom. The Morgan fingerprint density at radius 1 is 1.33 bits per heavy atom. The molecule has 0 bridgehead atoms. The zero-order chi connectivity index (χ0) is 15.2. The van der Waals surface area contributed by atoms with Crippen LogP contribution in [0.1, 0.15) is 39.0 Å². The summed E-state index contributed by atoms with van der Waals surface area (Å²) in [6, 6.07) is 7.99. The number of nitrogens with one attached hydrogen (secondary N) is 1. The number of nitrogen functional groups attached to an aromatic ring is 1. The molecule has 1 aliphatic rings. The van der Waals surface area contributed by atoms with Crippen molar-refractivity contribution in [3.63, 3.8) is 0 Å². The van der Waals surface area contributed by atoms with Crippen molar-refractivity contribution in [3.05, 3.63) is 24.3 Å². The number of nitrogens with two attached hydrogens (primary N) is 1. The molecule has 0 heterocycles. The Kier molecular flexibility index (Phi) is 5.62. The normalized spacial score (nSPS) is 22.2. The van der Waals surface area contributed by atoms with Crippen molar-refractivity contribution in [3.8, 4) is 0 Å². The molecule has 1 aromatic rings. The molecule has 1 saturated carbocycles. The fraction of sp³-hybridized carbons (Fsp3) is 0.588. The maximum Gasteiger partial charge on any atom is 0.225 e. The number of nitrogens with zero attached hydrogens (tertiary/aromatic N) is 1. The lowest BCUT2D eigenvalue weighted by Crippen LogP contribution is -2.40. The van der Waals surface area contributed by atoms with Gasteiger partial charge in [0.15, 0.2) is 0 Å². The third-order valence-electron chi connectivity index (χ3n) is 4.56. The van der Waals surface area contributed by atoms with Crippen LogP contribution >= 0.6 is 0 Å². The summed E-state index contributed by atoms with van der Waals surface area (Å²) in [6.45, 7) is 3.12. The van der Waals surface area contributed by atoms with Gasteiger partial charge >= 0.3 is 0 Å². The number of hydrogen-bond donors (Lipinski definition) is 2. The molecule has 116 valence electrons. The minimum Gasteiger partial charge on any atom is -0.397 e. The summed E-state index contributed by atoms with van der Waals surface area (Å²) < 4.78 is 0. The van der Waals surface area contributed by atoms with Gasteiger partial charge in [0.1, 0.15) is 0 Å². The van der Waals surface area contributed by atoms with E-state index in [4.69, 9.17) is 5.73 Å². The van der Waals surface area contributed by atoms with Gasteiger partial charge in [0.05, 0.1) is 11.4 Å². The van der Waals surface area contributed by atoms with Crippen LogP contribution in [0.4, 0.5) is 11.4 Å².